The second-order valence-corrected chi connectivity index (χ2v) is 12.2. The number of nitrogens with one attached hydrogen (secondary N) is 2. The van der Waals surface area contributed by atoms with Crippen LogP contribution in [0.3, 0.4) is 0 Å². The van der Waals surface area contributed by atoms with E-state index in [0.717, 1.165) is 32.2 Å². The Balaban J connectivity index is 1.24. The third-order valence-corrected chi connectivity index (χ3v) is 9.26. The number of rotatable bonds is 9. The standard InChI is InChI=1S/C32H37ClN4O4/c1-36(20-21-8-4-2-5-9-21)18-19-37-28(30(39)35-23-10-6-3-7-11-23)32-17-16-25(41-32)26(27(32)31(37)40)29(38)34-24-14-12-22(33)13-15-24/h2,4-5,8-9,12-17,23,25-28H,3,6-7,10-11,18-20H2,1H3,(H,34,38)(H,35,39)/t25-,26?,27-,28?,32?/m0/s1. The molecule has 2 saturated heterocycles. The Morgan fingerprint density at radius 3 is 2.51 bits per heavy atom. The van der Waals surface area contributed by atoms with E-state index in [2.05, 4.69) is 27.7 Å². The maximum Gasteiger partial charge on any atom is 0.246 e. The predicted molar refractivity (Wildman–Crippen MR) is 157 cm³/mol. The van der Waals surface area contributed by atoms with Gasteiger partial charge in [0, 0.05) is 36.4 Å². The van der Waals surface area contributed by atoms with Crippen molar-refractivity contribution in [1.29, 1.82) is 0 Å². The first-order chi connectivity index (χ1) is 19.9. The Morgan fingerprint density at radius 2 is 1.78 bits per heavy atom. The van der Waals surface area contributed by atoms with E-state index in [1.807, 2.05) is 37.4 Å². The highest BCUT2D eigenvalue weighted by Crippen LogP contribution is 2.55. The number of fused-ring (bicyclic) bond motifs is 1. The molecule has 4 aliphatic rings. The lowest BCUT2D eigenvalue weighted by Gasteiger charge is -2.34. The molecular weight excluding hydrogens is 540 g/mol. The fraction of sp³-hybridized carbons (Fsp3) is 0.469. The van der Waals surface area contributed by atoms with E-state index in [1.54, 1.807) is 29.2 Å². The number of halogens is 1. The second-order valence-electron chi connectivity index (χ2n) is 11.8. The summed E-state index contributed by atoms with van der Waals surface area (Å²) in [4.78, 5) is 45.6. The van der Waals surface area contributed by atoms with Gasteiger partial charge in [-0.25, -0.2) is 0 Å². The summed E-state index contributed by atoms with van der Waals surface area (Å²) < 4.78 is 6.47. The van der Waals surface area contributed by atoms with Crippen LogP contribution in [0.25, 0.3) is 0 Å². The highest BCUT2D eigenvalue weighted by atomic mass is 35.5. The fourth-order valence-electron chi connectivity index (χ4n) is 7.05. The molecule has 1 saturated carbocycles. The monoisotopic (exact) mass is 576 g/mol. The third kappa shape index (κ3) is 5.41. The first-order valence-corrected chi connectivity index (χ1v) is 15.0. The molecule has 6 rings (SSSR count). The maximum absolute atomic E-state index is 14.2. The molecule has 2 N–H and O–H groups in total. The summed E-state index contributed by atoms with van der Waals surface area (Å²) in [6, 6.07) is 16.3. The van der Waals surface area contributed by atoms with Crippen molar-refractivity contribution in [3.8, 4) is 0 Å². The largest absolute Gasteiger partial charge is 0.359 e. The molecule has 0 radical (unpaired) electrons. The molecule has 8 nitrogen and oxygen atoms in total. The Hall–Kier alpha value is -3.20. The molecule has 1 aliphatic carbocycles. The summed E-state index contributed by atoms with van der Waals surface area (Å²) in [7, 11) is 2.01. The van der Waals surface area contributed by atoms with Crippen LogP contribution < -0.4 is 10.6 Å². The number of carbonyl (C=O) groups is 3. The van der Waals surface area contributed by atoms with Gasteiger partial charge in [-0.1, -0.05) is 73.3 Å². The number of ether oxygens (including phenoxy) is 1. The van der Waals surface area contributed by atoms with Crippen LogP contribution in [0.15, 0.2) is 66.7 Å². The average Bonchev–Trinajstić information content (AvgIpc) is 3.61. The molecule has 5 atom stereocenters. The third-order valence-electron chi connectivity index (χ3n) is 9.01. The molecule has 3 unspecified atom stereocenters. The lowest BCUT2D eigenvalue weighted by atomic mass is 9.74. The second kappa shape index (κ2) is 11.6. The van der Waals surface area contributed by atoms with Gasteiger partial charge in [-0.15, -0.1) is 0 Å². The number of benzene rings is 2. The van der Waals surface area contributed by atoms with Crippen LogP contribution in [0.2, 0.25) is 5.02 Å². The van der Waals surface area contributed by atoms with Crippen LogP contribution in [0, 0.1) is 11.8 Å². The molecule has 9 heteroatoms. The van der Waals surface area contributed by atoms with Gasteiger partial charge in [0.25, 0.3) is 0 Å². The first kappa shape index (κ1) is 27.9. The number of hydrogen-bond acceptors (Lipinski definition) is 5. The van der Waals surface area contributed by atoms with Gasteiger partial charge in [0.05, 0.1) is 17.9 Å². The normalized spacial score (nSPS) is 28.8. The van der Waals surface area contributed by atoms with Crippen molar-refractivity contribution in [3.05, 3.63) is 77.3 Å². The minimum absolute atomic E-state index is 0.0935. The van der Waals surface area contributed by atoms with E-state index in [0.29, 0.717) is 23.8 Å². The van der Waals surface area contributed by atoms with Crippen molar-refractivity contribution in [2.45, 2.75) is 62.4 Å². The van der Waals surface area contributed by atoms with Crippen LogP contribution in [0.5, 0.6) is 0 Å². The number of nitrogens with zero attached hydrogens (tertiary/aromatic N) is 2. The lowest BCUT2D eigenvalue weighted by molar-refractivity contribution is -0.141. The quantitative estimate of drug-likeness (QED) is 0.440. The van der Waals surface area contributed by atoms with Crippen molar-refractivity contribution < 1.29 is 19.1 Å². The van der Waals surface area contributed by atoms with Crippen LogP contribution in [0.4, 0.5) is 5.69 Å². The highest BCUT2D eigenvalue weighted by molar-refractivity contribution is 6.30. The Labute approximate surface area is 246 Å². The Kier molecular flexibility index (Phi) is 7.90. The van der Waals surface area contributed by atoms with E-state index in [1.165, 1.54) is 12.0 Å². The van der Waals surface area contributed by atoms with E-state index in [9.17, 15) is 14.4 Å². The topological polar surface area (TPSA) is 91.0 Å². The zero-order chi connectivity index (χ0) is 28.6. The molecule has 3 aliphatic heterocycles. The minimum atomic E-state index is -1.17. The molecular formula is C32H37ClN4O4. The van der Waals surface area contributed by atoms with Crippen molar-refractivity contribution in [3.63, 3.8) is 0 Å². The molecule has 2 aromatic rings. The lowest BCUT2D eigenvalue weighted by Crippen LogP contribution is -2.57. The van der Waals surface area contributed by atoms with Crippen LogP contribution in [-0.2, 0) is 25.7 Å². The number of likely N-dealkylation sites (N-methyl/N-ethyl adjacent to an activating group) is 1. The molecule has 3 heterocycles. The number of likely N-dealkylation sites (tertiary alicyclic amines) is 1. The molecule has 2 bridgehead atoms. The van der Waals surface area contributed by atoms with Gasteiger partial charge in [0.15, 0.2) is 0 Å². The van der Waals surface area contributed by atoms with Crippen LogP contribution >= 0.6 is 11.6 Å². The molecule has 41 heavy (non-hydrogen) atoms. The molecule has 216 valence electrons. The van der Waals surface area contributed by atoms with Gasteiger partial charge in [-0.05, 0) is 49.7 Å². The number of carbonyl (C=O) groups excluding carboxylic acids is 3. The van der Waals surface area contributed by atoms with Crippen LogP contribution in [0.1, 0.15) is 37.7 Å². The smallest absolute Gasteiger partial charge is 0.246 e. The first-order valence-electron chi connectivity index (χ1n) is 14.6. The van der Waals surface area contributed by atoms with Gasteiger partial charge in [-0.3, -0.25) is 14.4 Å². The Bertz CT molecular complexity index is 1310. The summed E-state index contributed by atoms with van der Waals surface area (Å²) in [6.07, 6.45) is 8.38. The van der Waals surface area contributed by atoms with E-state index >= 15 is 0 Å². The molecule has 3 amide bonds. The van der Waals surface area contributed by atoms with E-state index in [-0.39, 0.29) is 23.8 Å². The molecule has 2 aromatic carbocycles. The van der Waals surface area contributed by atoms with Gasteiger partial charge < -0.3 is 25.2 Å². The van der Waals surface area contributed by atoms with Gasteiger partial charge in [-0.2, -0.15) is 0 Å². The highest BCUT2D eigenvalue weighted by Gasteiger charge is 2.72. The zero-order valence-corrected chi connectivity index (χ0v) is 24.1. The molecule has 1 spiro atoms. The number of hydrogen-bond donors (Lipinski definition) is 2. The predicted octanol–water partition coefficient (Wildman–Crippen LogP) is 4.01. The SMILES string of the molecule is CN(CCN1C(=O)[C@@H]2C(C(=O)Nc3ccc(Cl)cc3)[C@@H]3C=CC2(O3)C1C(=O)NC1CCCCC1)Cc1ccccc1. The summed E-state index contributed by atoms with van der Waals surface area (Å²) >= 11 is 6.01. The zero-order valence-electron chi connectivity index (χ0n) is 23.3. The molecule has 3 fully saturated rings. The van der Waals surface area contributed by atoms with Crippen molar-refractivity contribution >= 4 is 35.0 Å². The van der Waals surface area contributed by atoms with Crippen molar-refractivity contribution in [1.82, 2.24) is 15.1 Å². The van der Waals surface area contributed by atoms with Gasteiger partial charge >= 0.3 is 0 Å². The maximum atomic E-state index is 14.2. The van der Waals surface area contributed by atoms with Gasteiger partial charge in [0.2, 0.25) is 17.7 Å². The summed E-state index contributed by atoms with van der Waals surface area (Å²) in [6.45, 7) is 1.66. The molecule has 0 aromatic heterocycles. The van der Waals surface area contributed by atoms with Crippen molar-refractivity contribution in [2.75, 3.05) is 25.5 Å². The average molecular weight is 577 g/mol. The number of anilines is 1. The Morgan fingerprint density at radius 1 is 1.05 bits per heavy atom. The fourth-order valence-corrected chi connectivity index (χ4v) is 7.17. The minimum Gasteiger partial charge on any atom is -0.359 e. The summed E-state index contributed by atoms with van der Waals surface area (Å²) in [5.74, 6) is -2.20. The van der Waals surface area contributed by atoms with E-state index in [4.69, 9.17) is 16.3 Å². The van der Waals surface area contributed by atoms with E-state index < -0.39 is 29.6 Å². The summed E-state index contributed by atoms with van der Waals surface area (Å²) in [5.41, 5.74) is 0.603. The van der Waals surface area contributed by atoms with Crippen molar-refractivity contribution in [2.24, 2.45) is 11.8 Å². The number of amides is 3. The summed E-state index contributed by atoms with van der Waals surface area (Å²) in [5, 5.41) is 6.75. The van der Waals surface area contributed by atoms with Crippen LogP contribution in [-0.4, -0.2) is 71.4 Å². The van der Waals surface area contributed by atoms with Gasteiger partial charge in [0.1, 0.15) is 11.6 Å².